The van der Waals surface area contributed by atoms with E-state index in [1.54, 1.807) is 0 Å². The summed E-state index contributed by atoms with van der Waals surface area (Å²) in [6.07, 6.45) is 3.50. The maximum atomic E-state index is 12.2. The first-order valence-corrected chi connectivity index (χ1v) is 4.98. The predicted octanol–water partition coefficient (Wildman–Crippen LogP) is 4.44. The van der Waals surface area contributed by atoms with Crippen LogP contribution in [-0.2, 0) is 0 Å². The van der Waals surface area contributed by atoms with Crippen molar-refractivity contribution in [3.05, 3.63) is 10.6 Å². The van der Waals surface area contributed by atoms with Gasteiger partial charge in [-0.1, -0.05) is 29.3 Å². The molecule has 0 N–H and O–H groups in total. The SMILES string of the molecule is CCCC/C(Br)=C/C(F)(F)Br. The van der Waals surface area contributed by atoms with Gasteiger partial charge in [-0.3, -0.25) is 0 Å². The number of allylic oxidation sites excluding steroid dienone is 2. The lowest BCUT2D eigenvalue weighted by molar-refractivity contribution is 0.171. The molecule has 0 spiro atoms. The molecule has 0 saturated carbocycles. The fourth-order valence-corrected chi connectivity index (χ4v) is 1.75. The molecule has 4 heteroatoms. The van der Waals surface area contributed by atoms with E-state index in [2.05, 4.69) is 31.9 Å². The molecule has 0 aromatic carbocycles. The van der Waals surface area contributed by atoms with Crippen molar-refractivity contribution in [2.24, 2.45) is 0 Å². The Balaban J connectivity index is 3.81. The van der Waals surface area contributed by atoms with Crippen LogP contribution in [0.3, 0.4) is 0 Å². The first kappa shape index (κ1) is 11.6. The van der Waals surface area contributed by atoms with E-state index in [4.69, 9.17) is 0 Å². The third-order valence-electron chi connectivity index (χ3n) is 1.09. The second-order valence-electron chi connectivity index (χ2n) is 2.24. The third kappa shape index (κ3) is 8.47. The highest BCUT2D eigenvalue weighted by Crippen LogP contribution is 2.28. The normalized spacial score (nSPS) is 13.7. The largest absolute Gasteiger partial charge is 0.320 e. The monoisotopic (exact) mass is 290 g/mol. The molecule has 66 valence electrons. The van der Waals surface area contributed by atoms with Gasteiger partial charge in [-0.2, -0.15) is 8.78 Å². The Bertz CT molecular complexity index is 138. The second-order valence-corrected chi connectivity index (χ2v) is 4.31. The lowest BCUT2D eigenvalue weighted by Crippen LogP contribution is -1.98. The van der Waals surface area contributed by atoms with Gasteiger partial charge in [0.15, 0.2) is 0 Å². The summed E-state index contributed by atoms with van der Waals surface area (Å²) in [6, 6.07) is 0. The average molecular weight is 292 g/mol. The molecule has 0 aliphatic heterocycles. The summed E-state index contributed by atoms with van der Waals surface area (Å²) in [6.45, 7) is 2.02. The van der Waals surface area contributed by atoms with Crippen molar-refractivity contribution in [1.29, 1.82) is 0 Å². The highest BCUT2D eigenvalue weighted by atomic mass is 79.9. The predicted molar refractivity (Wildman–Crippen MR) is 50.4 cm³/mol. The first-order chi connectivity index (χ1) is 4.95. The van der Waals surface area contributed by atoms with Crippen molar-refractivity contribution >= 4 is 31.9 Å². The Kier molecular flexibility index (Phi) is 5.52. The van der Waals surface area contributed by atoms with Crippen LogP contribution in [0.5, 0.6) is 0 Å². The first-order valence-electron chi connectivity index (χ1n) is 3.39. The number of halogens is 4. The Morgan fingerprint density at radius 2 is 2.09 bits per heavy atom. The van der Waals surface area contributed by atoms with Crippen molar-refractivity contribution in [3.8, 4) is 0 Å². The molecule has 0 nitrogen and oxygen atoms in total. The fraction of sp³-hybridized carbons (Fsp3) is 0.714. The van der Waals surface area contributed by atoms with Gasteiger partial charge in [0.25, 0.3) is 0 Å². The average Bonchev–Trinajstić information content (AvgIpc) is 1.79. The van der Waals surface area contributed by atoms with Crippen molar-refractivity contribution < 1.29 is 8.78 Å². The van der Waals surface area contributed by atoms with E-state index in [1.165, 1.54) is 0 Å². The van der Waals surface area contributed by atoms with E-state index in [-0.39, 0.29) is 0 Å². The summed E-state index contributed by atoms with van der Waals surface area (Å²) < 4.78 is 25.0. The molecule has 0 atom stereocenters. The van der Waals surface area contributed by atoms with Crippen LogP contribution in [0, 0.1) is 0 Å². The maximum absolute atomic E-state index is 12.2. The topological polar surface area (TPSA) is 0 Å². The van der Waals surface area contributed by atoms with E-state index in [9.17, 15) is 8.78 Å². The molecule has 0 aromatic heterocycles. The summed E-state index contributed by atoms with van der Waals surface area (Å²) >= 11 is 5.30. The summed E-state index contributed by atoms with van der Waals surface area (Å²) in [5.41, 5.74) is 0. The van der Waals surface area contributed by atoms with E-state index in [0.717, 1.165) is 18.9 Å². The van der Waals surface area contributed by atoms with Gasteiger partial charge >= 0.3 is 4.83 Å². The van der Waals surface area contributed by atoms with Crippen LogP contribution in [0.4, 0.5) is 8.78 Å². The smallest absolute Gasteiger partial charge is 0.189 e. The lowest BCUT2D eigenvalue weighted by atomic mass is 10.2. The summed E-state index contributed by atoms with van der Waals surface area (Å²) in [4.78, 5) is -2.88. The van der Waals surface area contributed by atoms with E-state index in [0.29, 0.717) is 10.9 Å². The van der Waals surface area contributed by atoms with Crippen LogP contribution in [0.1, 0.15) is 26.2 Å². The van der Waals surface area contributed by atoms with Crippen LogP contribution in [0.25, 0.3) is 0 Å². The zero-order valence-corrected chi connectivity index (χ0v) is 9.38. The Labute approximate surface area is 82.3 Å². The van der Waals surface area contributed by atoms with Crippen molar-refractivity contribution in [2.75, 3.05) is 0 Å². The minimum Gasteiger partial charge on any atom is -0.189 e. The highest BCUT2D eigenvalue weighted by molar-refractivity contribution is 9.12. The van der Waals surface area contributed by atoms with Gasteiger partial charge in [-0.05, 0) is 33.3 Å². The maximum Gasteiger partial charge on any atom is 0.320 e. The molecular weight excluding hydrogens is 282 g/mol. The molecule has 0 amide bonds. The van der Waals surface area contributed by atoms with E-state index >= 15 is 0 Å². The zero-order chi connectivity index (χ0) is 8.91. The molecule has 0 unspecified atom stereocenters. The number of alkyl halides is 3. The summed E-state index contributed by atoms with van der Waals surface area (Å²) in [5, 5.41) is 0. The minimum atomic E-state index is -2.88. The fourth-order valence-electron chi connectivity index (χ4n) is 0.595. The van der Waals surface area contributed by atoms with E-state index < -0.39 is 4.83 Å². The standard InChI is InChI=1S/C7H10Br2F2/c1-2-3-4-6(8)5-7(9,10)11/h5H,2-4H2,1H3/b6-5-. The minimum absolute atomic E-state index is 0.557. The molecule has 0 fully saturated rings. The van der Waals surface area contributed by atoms with Gasteiger partial charge in [0.1, 0.15) is 0 Å². The number of unbranched alkanes of at least 4 members (excludes halogenated alkanes) is 1. The van der Waals surface area contributed by atoms with E-state index in [1.807, 2.05) is 6.92 Å². The molecule has 11 heavy (non-hydrogen) atoms. The van der Waals surface area contributed by atoms with Gasteiger partial charge in [-0.25, -0.2) is 0 Å². The van der Waals surface area contributed by atoms with Crippen molar-refractivity contribution in [2.45, 2.75) is 31.0 Å². The highest BCUT2D eigenvalue weighted by Gasteiger charge is 2.19. The second kappa shape index (κ2) is 5.25. The lowest BCUT2D eigenvalue weighted by Gasteiger charge is -2.02. The van der Waals surface area contributed by atoms with Gasteiger partial charge in [-0.15, -0.1) is 0 Å². The number of hydrogen-bond donors (Lipinski definition) is 0. The van der Waals surface area contributed by atoms with Crippen molar-refractivity contribution in [1.82, 2.24) is 0 Å². The van der Waals surface area contributed by atoms with Crippen molar-refractivity contribution in [3.63, 3.8) is 0 Å². The van der Waals surface area contributed by atoms with Gasteiger partial charge < -0.3 is 0 Å². The van der Waals surface area contributed by atoms with Crippen LogP contribution in [-0.4, -0.2) is 4.83 Å². The quantitative estimate of drug-likeness (QED) is 0.672. The summed E-state index contributed by atoms with van der Waals surface area (Å²) in [5.74, 6) is 0. The molecule has 0 aliphatic rings. The molecule has 0 heterocycles. The number of rotatable bonds is 4. The zero-order valence-electron chi connectivity index (χ0n) is 6.21. The Morgan fingerprint density at radius 3 is 2.45 bits per heavy atom. The van der Waals surface area contributed by atoms with Crippen LogP contribution in [0.2, 0.25) is 0 Å². The summed E-state index contributed by atoms with van der Waals surface area (Å²) in [7, 11) is 0. The van der Waals surface area contributed by atoms with Gasteiger partial charge in [0.2, 0.25) is 0 Å². The van der Waals surface area contributed by atoms with Gasteiger partial charge in [0.05, 0.1) is 0 Å². The third-order valence-corrected chi connectivity index (χ3v) is 1.94. The van der Waals surface area contributed by atoms with Gasteiger partial charge in [0, 0.05) is 6.08 Å². The molecule has 0 aromatic rings. The molecule has 0 saturated heterocycles. The number of hydrogen-bond acceptors (Lipinski definition) is 0. The Morgan fingerprint density at radius 1 is 1.55 bits per heavy atom. The van der Waals surface area contributed by atoms with Crippen LogP contribution in [0.15, 0.2) is 10.6 Å². The Hall–Kier alpha value is 0.560. The molecule has 0 rings (SSSR count). The molecule has 0 aliphatic carbocycles. The van der Waals surface area contributed by atoms with Crippen LogP contribution >= 0.6 is 31.9 Å². The molecule has 0 bridgehead atoms. The molecular formula is C7H10Br2F2. The molecule has 0 radical (unpaired) electrons. The van der Waals surface area contributed by atoms with Crippen LogP contribution < -0.4 is 0 Å².